The van der Waals surface area contributed by atoms with Crippen molar-refractivity contribution in [2.75, 3.05) is 31.1 Å². The second kappa shape index (κ2) is 6.33. The zero-order valence-corrected chi connectivity index (χ0v) is 14.1. The van der Waals surface area contributed by atoms with Crippen molar-refractivity contribution in [3.05, 3.63) is 54.5 Å². The molecule has 132 valence electrons. The lowest BCUT2D eigenvalue weighted by Gasteiger charge is -2.46. The molecule has 4 nitrogen and oxygen atoms in total. The van der Waals surface area contributed by atoms with Gasteiger partial charge in [0.05, 0.1) is 11.6 Å². The van der Waals surface area contributed by atoms with E-state index in [9.17, 15) is 8.78 Å². The van der Waals surface area contributed by atoms with E-state index >= 15 is 0 Å². The van der Waals surface area contributed by atoms with Gasteiger partial charge in [0.2, 0.25) is 0 Å². The number of benzene rings is 1. The Morgan fingerprint density at radius 2 is 1.84 bits per heavy atom. The molecule has 4 rings (SSSR count). The molecule has 0 aliphatic carbocycles. The molecule has 25 heavy (non-hydrogen) atoms. The topological polar surface area (TPSA) is 32.3 Å². The SMILES string of the molecule is FC1(F)CCN(Cc2ccccc2)C[C@]12CCN(c1cnccn1)C2. The number of hydrogen-bond donors (Lipinski definition) is 0. The first-order valence-corrected chi connectivity index (χ1v) is 8.73. The van der Waals surface area contributed by atoms with Gasteiger partial charge < -0.3 is 4.90 Å². The molecule has 2 aromatic rings. The fourth-order valence-electron chi connectivity index (χ4n) is 4.11. The van der Waals surface area contributed by atoms with Gasteiger partial charge in [-0.1, -0.05) is 30.3 Å². The molecule has 2 aliphatic rings. The largest absolute Gasteiger partial charge is 0.354 e. The van der Waals surface area contributed by atoms with Crippen LogP contribution in [0.1, 0.15) is 18.4 Å². The van der Waals surface area contributed by atoms with Gasteiger partial charge in [-0.15, -0.1) is 0 Å². The minimum atomic E-state index is -2.64. The summed E-state index contributed by atoms with van der Waals surface area (Å²) in [6, 6.07) is 10.1. The van der Waals surface area contributed by atoms with Crippen LogP contribution in [0.2, 0.25) is 0 Å². The van der Waals surface area contributed by atoms with Crippen LogP contribution in [0.15, 0.2) is 48.9 Å². The van der Waals surface area contributed by atoms with Crippen molar-refractivity contribution in [1.82, 2.24) is 14.9 Å². The van der Waals surface area contributed by atoms with Crippen LogP contribution in [0.5, 0.6) is 0 Å². The maximum Gasteiger partial charge on any atom is 0.257 e. The van der Waals surface area contributed by atoms with Crippen LogP contribution in [0.3, 0.4) is 0 Å². The zero-order valence-electron chi connectivity index (χ0n) is 14.1. The second-order valence-corrected chi connectivity index (χ2v) is 7.17. The number of alkyl halides is 2. The molecule has 2 aliphatic heterocycles. The van der Waals surface area contributed by atoms with E-state index < -0.39 is 11.3 Å². The van der Waals surface area contributed by atoms with Gasteiger partial charge in [0.15, 0.2) is 0 Å². The van der Waals surface area contributed by atoms with Gasteiger partial charge in [-0.05, 0) is 12.0 Å². The number of hydrogen-bond acceptors (Lipinski definition) is 4. The van der Waals surface area contributed by atoms with Crippen molar-refractivity contribution in [3.63, 3.8) is 0 Å². The number of halogens is 2. The third-order valence-corrected chi connectivity index (χ3v) is 5.52. The Morgan fingerprint density at radius 3 is 2.60 bits per heavy atom. The minimum absolute atomic E-state index is 0.0753. The number of aromatic nitrogens is 2. The fourth-order valence-corrected chi connectivity index (χ4v) is 4.11. The van der Waals surface area contributed by atoms with Crippen LogP contribution < -0.4 is 4.90 Å². The monoisotopic (exact) mass is 344 g/mol. The Morgan fingerprint density at radius 1 is 1.00 bits per heavy atom. The van der Waals surface area contributed by atoms with E-state index in [1.807, 2.05) is 23.1 Å². The molecular weight excluding hydrogens is 322 g/mol. The average molecular weight is 344 g/mol. The van der Waals surface area contributed by atoms with Gasteiger partial charge in [0, 0.05) is 51.5 Å². The van der Waals surface area contributed by atoms with E-state index in [2.05, 4.69) is 27.0 Å². The first-order chi connectivity index (χ1) is 12.1. The van der Waals surface area contributed by atoms with Crippen LogP contribution in [-0.4, -0.2) is 47.0 Å². The summed E-state index contributed by atoms with van der Waals surface area (Å²) >= 11 is 0. The molecule has 3 heterocycles. The van der Waals surface area contributed by atoms with Crippen LogP contribution in [0, 0.1) is 5.41 Å². The molecule has 0 unspecified atom stereocenters. The summed E-state index contributed by atoms with van der Waals surface area (Å²) < 4.78 is 29.8. The van der Waals surface area contributed by atoms with Gasteiger partial charge in [-0.25, -0.2) is 13.8 Å². The molecule has 0 amide bonds. The average Bonchev–Trinajstić information content (AvgIpc) is 3.06. The van der Waals surface area contributed by atoms with Crippen LogP contribution in [-0.2, 0) is 6.54 Å². The van der Waals surface area contributed by atoms with Crippen molar-refractivity contribution in [3.8, 4) is 0 Å². The van der Waals surface area contributed by atoms with E-state index in [0.717, 1.165) is 6.54 Å². The Kier molecular flexibility index (Phi) is 4.15. The van der Waals surface area contributed by atoms with E-state index in [0.29, 0.717) is 38.4 Å². The maximum atomic E-state index is 14.9. The van der Waals surface area contributed by atoms with Gasteiger partial charge in [-0.3, -0.25) is 9.88 Å². The smallest absolute Gasteiger partial charge is 0.257 e. The van der Waals surface area contributed by atoms with Crippen LogP contribution in [0.4, 0.5) is 14.6 Å². The molecule has 2 fully saturated rings. The quantitative estimate of drug-likeness (QED) is 0.856. The summed E-state index contributed by atoms with van der Waals surface area (Å²) in [5, 5.41) is 0. The number of anilines is 1. The summed E-state index contributed by atoms with van der Waals surface area (Å²) in [5.74, 6) is -1.95. The predicted octanol–water partition coefficient (Wildman–Crippen LogP) is 3.21. The first-order valence-electron chi connectivity index (χ1n) is 8.73. The molecule has 0 N–H and O–H groups in total. The highest BCUT2D eigenvalue weighted by atomic mass is 19.3. The Hall–Kier alpha value is -2.08. The van der Waals surface area contributed by atoms with Gasteiger partial charge in [0.1, 0.15) is 5.82 Å². The standard InChI is InChI=1S/C19H22F2N4/c20-19(21)7-10-24(13-16-4-2-1-3-5-16)14-18(19)6-11-25(15-18)17-12-22-8-9-23-17/h1-5,8-9,12H,6-7,10-11,13-15H2/t18-/m0/s1. The summed E-state index contributed by atoms with van der Waals surface area (Å²) in [6.07, 6.45) is 5.28. The highest BCUT2D eigenvalue weighted by Gasteiger charge is 2.59. The molecule has 6 heteroatoms. The van der Waals surface area contributed by atoms with Crippen LogP contribution >= 0.6 is 0 Å². The summed E-state index contributed by atoms with van der Waals surface area (Å²) in [7, 11) is 0. The summed E-state index contributed by atoms with van der Waals surface area (Å²) in [4.78, 5) is 12.5. The lowest BCUT2D eigenvalue weighted by molar-refractivity contribution is -0.158. The van der Waals surface area contributed by atoms with Crippen molar-refractivity contribution in [1.29, 1.82) is 0 Å². The van der Waals surface area contributed by atoms with Gasteiger partial charge in [-0.2, -0.15) is 0 Å². The summed E-state index contributed by atoms with van der Waals surface area (Å²) in [6.45, 7) is 2.53. The lowest BCUT2D eigenvalue weighted by atomic mass is 9.75. The van der Waals surface area contributed by atoms with E-state index in [-0.39, 0.29) is 6.42 Å². The molecule has 1 atom stereocenters. The number of nitrogens with zero attached hydrogens (tertiary/aromatic N) is 4. The highest BCUT2D eigenvalue weighted by molar-refractivity contribution is 5.38. The molecule has 0 bridgehead atoms. The predicted molar refractivity (Wildman–Crippen MR) is 92.6 cm³/mol. The highest BCUT2D eigenvalue weighted by Crippen LogP contribution is 2.50. The van der Waals surface area contributed by atoms with Crippen molar-refractivity contribution < 1.29 is 8.78 Å². The zero-order chi connectivity index (χ0) is 17.3. The van der Waals surface area contributed by atoms with Gasteiger partial charge >= 0.3 is 0 Å². The third kappa shape index (κ3) is 3.11. The molecule has 1 aromatic heterocycles. The third-order valence-electron chi connectivity index (χ3n) is 5.52. The molecular formula is C19H22F2N4. The van der Waals surface area contributed by atoms with Gasteiger partial charge in [0.25, 0.3) is 5.92 Å². The maximum absolute atomic E-state index is 14.9. The normalized spacial score (nSPS) is 26.2. The van der Waals surface area contributed by atoms with Crippen molar-refractivity contribution in [2.45, 2.75) is 25.3 Å². The van der Waals surface area contributed by atoms with E-state index in [4.69, 9.17) is 0 Å². The number of likely N-dealkylation sites (tertiary alicyclic amines) is 1. The minimum Gasteiger partial charge on any atom is -0.354 e. The van der Waals surface area contributed by atoms with E-state index in [1.165, 1.54) is 5.56 Å². The first kappa shape index (κ1) is 16.4. The molecule has 2 saturated heterocycles. The molecule has 0 radical (unpaired) electrons. The van der Waals surface area contributed by atoms with E-state index in [1.54, 1.807) is 18.6 Å². The van der Waals surface area contributed by atoms with Crippen molar-refractivity contribution >= 4 is 5.82 Å². The fraction of sp³-hybridized carbons (Fsp3) is 0.474. The molecule has 1 spiro atoms. The summed E-state index contributed by atoms with van der Waals surface area (Å²) in [5.41, 5.74) is 0.170. The Labute approximate surface area is 146 Å². The molecule has 0 saturated carbocycles. The lowest BCUT2D eigenvalue weighted by Crippen LogP contribution is -2.56. The number of piperidine rings is 1. The number of rotatable bonds is 3. The Balaban J connectivity index is 1.52. The van der Waals surface area contributed by atoms with Crippen LogP contribution in [0.25, 0.3) is 0 Å². The second-order valence-electron chi connectivity index (χ2n) is 7.17. The molecule has 1 aromatic carbocycles. The Bertz CT molecular complexity index is 710. The van der Waals surface area contributed by atoms with Crippen molar-refractivity contribution in [2.24, 2.45) is 5.41 Å².